The highest BCUT2D eigenvalue weighted by atomic mass is 32.2. The van der Waals surface area contributed by atoms with Crippen LogP contribution in [0.2, 0.25) is 0 Å². The highest BCUT2D eigenvalue weighted by molar-refractivity contribution is 7.98. The molecule has 12 N–H and O–H groups in total. The number of unbranched alkanes of at least 4 members (excludes halogenated alkanes) is 2. The van der Waals surface area contributed by atoms with E-state index in [1.54, 1.807) is 45.0 Å². The van der Waals surface area contributed by atoms with Crippen LogP contribution >= 0.6 is 23.5 Å². The first-order valence-corrected chi connectivity index (χ1v) is 40.5. The van der Waals surface area contributed by atoms with Crippen molar-refractivity contribution in [3.63, 3.8) is 0 Å². The van der Waals surface area contributed by atoms with Crippen LogP contribution in [0, 0.1) is 11.8 Å². The molecule has 0 aromatic heterocycles. The summed E-state index contributed by atoms with van der Waals surface area (Å²) < 4.78 is 5.49. The number of nitrogens with two attached hydrogens (primary N) is 2. The van der Waals surface area contributed by atoms with Crippen LogP contribution in [0.4, 0.5) is 0 Å². The lowest BCUT2D eigenvalue weighted by molar-refractivity contribution is -0.162. The van der Waals surface area contributed by atoms with E-state index in [0.717, 1.165) is 29.5 Å². The van der Waals surface area contributed by atoms with E-state index in [9.17, 15) is 83.1 Å². The van der Waals surface area contributed by atoms with Crippen molar-refractivity contribution in [2.75, 3.05) is 129 Å². The standard InChI is InChI=1S/C76H111N13O20S2/c1-4-5-7-14-57(92)37-55-47-110-45-53-33-52(41-83-29-31-87(32-30-83)65(95)42-84-23-21-82(40-49(2)90)22-25-85(43-67(98)99)27-28-86(26-24-84)44-68(100)101)34-54(35-53)46-111-48-56(76(108)109-63(70(78)102)39-66(96)97)38-62(93)59(36-51-12-8-6-9-13-51)80-71(103)58(17-18-64(77)94)79-73(105)69(50(3)91)81-72(104)60-15-10-19-88(60)75(107)61-16-11-20-89(61)74(55)106/h6,8-9,12-13,33-35,50,55-56,58-61,63,69,90-91H,2,4-5,7,10-11,14-32,36-48H2,1,3H3,(H2,77,94)(H2,78,102)(H,79,105)(H,80,103)(H,81,104)(H,96,97)(H,98,99)(H,100,101)/t50-,55+,56+,58+,59+,60+,61+,63+,69+/m1/s1. The number of carbonyl (C=O) groups is 14. The monoisotopic (exact) mass is 1590 g/mol. The maximum atomic E-state index is 15.1. The summed E-state index contributed by atoms with van der Waals surface area (Å²) in [5.41, 5.74) is 14.0. The van der Waals surface area contributed by atoms with E-state index in [0.29, 0.717) is 96.0 Å². The van der Waals surface area contributed by atoms with E-state index in [4.69, 9.17) is 16.2 Å². The Morgan fingerprint density at radius 1 is 0.604 bits per heavy atom. The molecule has 111 heavy (non-hydrogen) atoms. The molecule has 612 valence electrons. The van der Waals surface area contributed by atoms with Gasteiger partial charge in [-0.05, 0) is 74.1 Å². The molecule has 0 radical (unpaired) electrons. The number of aliphatic hydroxyl groups excluding tert-OH is 2. The van der Waals surface area contributed by atoms with Gasteiger partial charge in [0.15, 0.2) is 11.9 Å². The Labute approximate surface area is 655 Å². The third-order valence-electron chi connectivity index (χ3n) is 20.5. The molecule has 0 aliphatic carbocycles. The van der Waals surface area contributed by atoms with Gasteiger partial charge in [-0.1, -0.05) is 74.9 Å². The molecule has 33 nitrogen and oxygen atoms in total. The summed E-state index contributed by atoms with van der Waals surface area (Å²) >= 11 is 2.61. The fourth-order valence-electron chi connectivity index (χ4n) is 14.5. The number of fused-ring (bicyclic) bond motifs is 4. The van der Waals surface area contributed by atoms with Gasteiger partial charge in [0.1, 0.15) is 30.0 Å². The van der Waals surface area contributed by atoms with Crippen LogP contribution in [-0.2, 0) is 96.3 Å². The Hall–Kier alpha value is -8.58. The molecule has 9 atom stereocenters. The number of ether oxygens (including phenoxy) is 1. The van der Waals surface area contributed by atoms with Crippen LogP contribution in [0.5, 0.6) is 0 Å². The van der Waals surface area contributed by atoms with Gasteiger partial charge in [-0.15, -0.1) is 0 Å². The van der Waals surface area contributed by atoms with E-state index in [-0.39, 0.29) is 126 Å². The fraction of sp³-hybridized carbons (Fsp3) is 0.632. The number of aliphatic hydroxyl groups is 2. The maximum Gasteiger partial charge on any atom is 0.317 e. The molecule has 0 spiro atoms. The summed E-state index contributed by atoms with van der Waals surface area (Å²) in [5, 5.41) is 58.2. The first-order chi connectivity index (χ1) is 52.9. The second-order valence-electron chi connectivity index (χ2n) is 29.4. The molecule has 4 saturated heterocycles. The molecule has 8 amide bonds. The number of aliphatic carboxylic acids is 3. The molecule has 4 fully saturated rings. The number of carboxylic acid groups (broad SMARTS) is 3. The minimum Gasteiger partial charge on any atom is -0.512 e. The molecule has 2 bridgehead atoms. The van der Waals surface area contributed by atoms with Crippen LogP contribution in [-0.4, -0.2) is 319 Å². The number of esters is 1. The molecular formula is C76H111N13O20S2. The quantitative estimate of drug-likeness (QED) is 0.0324. The number of carboxylic acids is 3. The SMILES string of the molecule is C=C(O)CN1CCN(CC(=O)O)CCN(CC(=O)O)CCN(CC(=O)N2CCN(Cc3cc4cc(c3)CSC[C@H](CC(=O)CCCCC)C(=O)N3CCC[C@H]3C(=O)N3CCC[C@H]3C(=O)N[C@@H]([C@@H](C)O)C(=O)N[C@@H](CCC(N)=O)C(=O)N[C@@H](Cc3ccccc3)C(=O)C[C@H](C(=O)O[C@@H](CC(=O)O)C(N)=O)CSC4)CC2)CC1. The number of hydrogen-bond acceptors (Lipinski definition) is 24. The smallest absolute Gasteiger partial charge is 0.317 e. The van der Waals surface area contributed by atoms with E-state index < -0.39 is 151 Å². The third kappa shape index (κ3) is 29.8. The molecule has 35 heteroatoms. The predicted octanol–water partition coefficient (Wildman–Crippen LogP) is 0.202. The van der Waals surface area contributed by atoms with Crippen molar-refractivity contribution in [3.8, 4) is 0 Å². The van der Waals surface area contributed by atoms with Gasteiger partial charge in [-0.2, -0.15) is 23.5 Å². The van der Waals surface area contributed by atoms with Gasteiger partial charge in [0.2, 0.25) is 41.4 Å². The Morgan fingerprint density at radius 2 is 1.15 bits per heavy atom. The number of nitrogens with one attached hydrogen (secondary N) is 3. The lowest BCUT2D eigenvalue weighted by Gasteiger charge is -2.37. The number of benzene rings is 2. The second-order valence-corrected chi connectivity index (χ2v) is 31.5. The third-order valence-corrected chi connectivity index (χ3v) is 22.8. The van der Waals surface area contributed by atoms with Crippen molar-refractivity contribution in [3.05, 3.63) is 83.1 Å². The summed E-state index contributed by atoms with van der Waals surface area (Å²) in [7, 11) is 0. The summed E-state index contributed by atoms with van der Waals surface area (Å²) in [6.07, 6.45) is -2.68. The molecule has 5 heterocycles. The van der Waals surface area contributed by atoms with Gasteiger partial charge in [-0.3, -0.25) is 91.6 Å². The predicted molar refractivity (Wildman–Crippen MR) is 411 cm³/mol. The number of hydrogen-bond donors (Lipinski definition) is 10. The van der Waals surface area contributed by atoms with Gasteiger partial charge in [0.05, 0.1) is 62.3 Å². The van der Waals surface area contributed by atoms with Gasteiger partial charge < -0.3 is 72.4 Å². The first-order valence-electron chi connectivity index (χ1n) is 38.2. The van der Waals surface area contributed by atoms with Crippen molar-refractivity contribution in [2.24, 2.45) is 23.3 Å². The van der Waals surface area contributed by atoms with Crippen LogP contribution in [0.1, 0.15) is 120 Å². The summed E-state index contributed by atoms with van der Waals surface area (Å²) in [5.74, 6) is -13.6. The number of thioether (sulfide) groups is 2. The number of Topliss-reactive ketones (excluding diaryl/α,β-unsaturated/α-hetero) is 2. The van der Waals surface area contributed by atoms with Crippen molar-refractivity contribution in [1.29, 1.82) is 0 Å². The molecular weight excluding hydrogens is 1480 g/mol. The van der Waals surface area contributed by atoms with Crippen molar-refractivity contribution in [2.45, 2.75) is 164 Å². The lowest BCUT2D eigenvalue weighted by atomic mass is 9.94. The number of piperazine rings is 1. The maximum absolute atomic E-state index is 15.1. The molecule has 0 unspecified atom stereocenters. The van der Waals surface area contributed by atoms with Crippen LogP contribution in [0.15, 0.2) is 60.9 Å². The normalized spacial score (nSPS) is 23.7. The van der Waals surface area contributed by atoms with Crippen molar-refractivity contribution in [1.82, 2.24) is 55.1 Å². The highest BCUT2D eigenvalue weighted by Gasteiger charge is 2.45. The highest BCUT2D eigenvalue weighted by Crippen LogP contribution is 2.31. The van der Waals surface area contributed by atoms with Gasteiger partial charge in [0.25, 0.3) is 5.91 Å². The molecule has 7 rings (SSSR count). The van der Waals surface area contributed by atoms with Gasteiger partial charge in [-0.25, -0.2) is 0 Å². The zero-order chi connectivity index (χ0) is 80.8. The Bertz CT molecular complexity index is 3560. The minimum atomic E-state index is -1.95. The van der Waals surface area contributed by atoms with Crippen molar-refractivity contribution < 1.29 is 97.4 Å². The zero-order valence-corrected chi connectivity index (χ0v) is 65.2. The summed E-state index contributed by atoms with van der Waals surface area (Å²) in [4.78, 5) is 206. The van der Waals surface area contributed by atoms with E-state index in [2.05, 4.69) is 27.4 Å². The van der Waals surface area contributed by atoms with E-state index >= 15 is 9.59 Å². The first kappa shape index (κ1) is 89.6. The van der Waals surface area contributed by atoms with E-state index in [1.165, 1.54) is 40.2 Å². The number of nitrogens with zero attached hydrogens (tertiary/aromatic N) is 8. The van der Waals surface area contributed by atoms with Crippen LogP contribution < -0.4 is 27.4 Å². The summed E-state index contributed by atoms with van der Waals surface area (Å²) in [6, 6.07) is 7.32. The molecule has 0 saturated carbocycles. The minimum absolute atomic E-state index is 0.00911. The second kappa shape index (κ2) is 45.2. The Kier molecular flexibility index (Phi) is 36.5. The molecule has 5 aliphatic heterocycles. The average molecular weight is 1590 g/mol. The topological polar surface area (TPSA) is 463 Å². The van der Waals surface area contributed by atoms with E-state index in [1.807, 2.05) is 34.9 Å². The molecule has 2 aromatic rings. The number of ketones is 2. The number of primary amides is 2. The largest absolute Gasteiger partial charge is 0.512 e. The van der Waals surface area contributed by atoms with Crippen LogP contribution in [0.25, 0.3) is 0 Å². The van der Waals surface area contributed by atoms with Crippen molar-refractivity contribution >= 4 is 106 Å². The summed E-state index contributed by atoms with van der Waals surface area (Å²) in [6.45, 7) is 11.3. The molecule has 2 aromatic carbocycles. The number of amides is 8. The Balaban J connectivity index is 1.21. The van der Waals surface area contributed by atoms with Crippen LogP contribution in [0.3, 0.4) is 0 Å². The Morgan fingerprint density at radius 3 is 1.70 bits per heavy atom. The fourth-order valence-corrected chi connectivity index (χ4v) is 16.6. The lowest BCUT2D eigenvalue weighted by Crippen LogP contribution is -2.61. The average Bonchev–Trinajstić information content (AvgIpc) is 1.70. The zero-order valence-electron chi connectivity index (χ0n) is 63.6. The van der Waals surface area contributed by atoms with Gasteiger partial charge >= 0.3 is 23.9 Å². The number of carbonyl (C=O) groups excluding carboxylic acids is 11. The van der Waals surface area contributed by atoms with Gasteiger partial charge in [0, 0.05) is 147 Å². The molecule has 5 aliphatic rings. The number of rotatable bonds is 27.